The molecule has 0 aromatic heterocycles. The van der Waals surface area contributed by atoms with Gasteiger partial charge in [-0.2, -0.15) is 0 Å². The molecule has 1 aliphatic heterocycles. The van der Waals surface area contributed by atoms with Gasteiger partial charge in [0.1, 0.15) is 5.82 Å². The summed E-state index contributed by atoms with van der Waals surface area (Å²) in [7, 11) is 1.82. The van der Waals surface area contributed by atoms with Gasteiger partial charge in [-0.15, -0.1) is 0 Å². The second-order valence-electron chi connectivity index (χ2n) is 10.3. The fourth-order valence-corrected chi connectivity index (χ4v) is 6.81. The van der Waals surface area contributed by atoms with Crippen LogP contribution in [0.3, 0.4) is 0 Å². The Hall–Kier alpha value is -3.13. The number of benzene rings is 3. The monoisotopic (exact) mass is 569 g/mol. The Labute approximate surface area is 236 Å². The summed E-state index contributed by atoms with van der Waals surface area (Å²) in [6.07, 6.45) is 4.74. The molecule has 4 N–H and O–H groups in total. The Bertz CT molecular complexity index is 1390. The van der Waals surface area contributed by atoms with Crippen LogP contribution in [0.5, 0.6) is 0 Å². The van der Waals surface area contributed by atoms with Gasteiger partial charge in [0.05, 0.1) is 16.6 Å². The largest absolute Gasteiger partial charge is 0.478 e. The molecular formula is C30H30Cl2FN3O3. The van der Waals surface area contributed by atoms with Gasteiger partial charge in [-0.05, 0) is 66.4 Å². The number of aromatic carboxylic acids is 1. The highest BCUT2D eigenvalue weighted by Gasteiger charge is 2.57. The number of halogens is 3. The Balaban J connectivity index is 1.64. The molecule has 0 radical (unpaired) electrons. The molecule has 5 rings (SSSR count). The van der Waals surface area contributed by atoms with Crippen molar-refractivity contribution in [1.82, 2.24) is 5.32 Å². The summed E-state index contributed by atoms with van der Waals surface area (Å²) in [5.74, 6) is -2.74. The van der Waals surface area contributed by atoms with Gasteiger partial charge in [0.15, 0.2) is 0 Å². The molecule has 1 spiro atoms. The highest BCUT2D eigenvalue weighted by molar-refractivity contribution is 6.31. The number of hydrogen-bond donors (Lipinski definition) is 4. The van der Waals surface area contributed by atoms with E-state index in [0.29, 0.717) is 16.3 Å². The number of carboxylic acid groups (broad SMARTS) is 1. The Morgan fingerprint density at radius 3 is 2.38 bits per heavy atom. The first-order valence-corrected chi connectivity index (χ1v) is 13.8. The number of nitrogens with one attached hydrogen (secondary N) is 3. The van der Waals surface area contributed by atoms with E-state index in [2.05, 4.69) is 16.0 Å². The van der Waals surface area contributed by atoms with Crippen LogP contribution in [0.2, 0.25) is 10.0 Å². The van der Waals surface area contributed by atoms with E-state index in [9.17, 15) is 14.7 Å². The maximum atomic E-state index is 15.7. The molecule has 3 aromatic carbocycles. The summed E-state index contributed by atoms with van der Waals surface area (Å²) >= 11 is 12.6. The predicted molar refractivity (Wildman–Crippen MR) is 153 cm³/mol. The molecule has 0 bridgehead atoms. The van der Waals surface area contributed by atoms with E-state index in [4.69, 9.17) is 23.2 Å². The fraction of sp³-hybridized carbons (Fsp3) is 0.333. The number of anilines is 2. The fourth-order valence-electron chi connectivity index (χ4n) is 6.45. The van der Waals surface area contributed by atoms with Crippen molar-refractivity contribution in [3.63, 3.8) is 0 Å². The minimum Gasteiger partial charge on any atom is -0.478 e. The third-order valence-electron chi connectivity index (χ3n) is 8.14. The van der Waals surface area contributed by atoms with Crippen molar-refractivity contribution in [2.24, 2.45) is 0 Å². The summed E-state index contributed by atoms with van der Waals surface area (Å²) in [6, 6.07) is 15.8. The highest BCUT2D eigenvalue weighted by atomic mass is 35.5. The molecule has 1 amide bonds. The minimum absolute atomic E-state index is 0.00390. The molecule has 1 saturated carbocycles. The van der Waals surface area contributed by atoms with Gasteiger partial charge in [0, 0.05) is 40.8 Å². The number of carbonyl (C=O) groups is 2. The van der Waals surface area contributed by atoms with Crippen molar-refractivity contribution in [3.05, 3.63) is 93.2 Å². The summed E-state index contributed by atoms with van der Waals surface area (Å²) in [5, 5.41) is 19.7. The first-order valence-electron chi connectivity index (χ1n) is 13.1. The lowest BCUT2D eigenvalue weighted by molar-refractivity contribution is -0.118. The van der Waals surface area contributed by atoms with E-state index in [-0.39, 0.29) is 22.4 Å². The van der Waals surface area contributed by atoms with Crippen molar-refractivity contribution in [1.29, 1.82) is 0 Å². The average Bonchev–Trinajstić information content (AvgIpc) is 3.24. The topological polar surface area (TPSA) is 90.5 Å². The third kappa shape index (κ3) is 5.23. The van der Waals surface area contributed by atoms with Crippen molar-refractivity contribution in [2.75, 3.05) is 17.7 Å². The first-order chi connectivity index (χ1) is 18.7. The predicted octanol–water partition coefficient (Wildman–Crippen LogP) is 7.05. The van der Waals surface area contributed by atoms with Gasteiger partial charge >= 0.3 is 5.97 Å². The third-order valence-corrected chi connectivity index (χ3v) is 8.67. The Morgan fingerprint density at radius 2 is 1.72 bits per heavy atom. The van der Waals surface area contributed by atoms with E-state index in [1.807, 2.05) is 25.2 Å². The number of amides is 1. The summed E-state index contributed by atoms with van der Waals surface area (Å²) in [6.45, 7) is 0. The van der Waals surface area contributed by atoms with E-state index in [0.717, 1.165) is 43.4 Å². The first kappa shape index (κ1) is 27.4. The Kier molecular flexibility index (Phi) is 7.85. The van der Waals surface area contributed by atoms with Crippen molar-refractivity contribution in [2.45, 2.75) is 55.5 Å². The molecule has 3 atom stereocenters. The van der Waals surface area contributed by atoms with Crippen LogP contribution in [0.1, 0.15) is 65.4 Å². The number of hydrogen-bond acceptors (Lipinski definition) is 4. The molecule has 1 saturated heterocycles. The van der Waals surface area contributed by atoms with Crippen molar-refractivity contribution < 1.29 is 19.1 Å². The van der Waals surface area contributed by atoms with Crippen LogP contribution < -0.4 is 16.0 Å². The van der Waals surface area contributed by atoms with Crippen LogP contribution in [-0.4, -0.2) is 35.6 Å². The summed E-state index contributed by atoms with van der Waals surface area (Å²) in [5.41, 5.74) is 2.29. The molecular weight excluding hydrogens is 540 g/mol. The zero-order valence-electron chi connectivity index (χ0n) is 21.4. The lowest BCUT2D eigenvalue weighted by atomic mass is 9.66. The van der Waals surface area contributed by atoms with Crippen LogP contribution in [0.15, 0.2) is 60.7 Å². The van der Waals surface area contributed by atoms with Crippen LogP contribution in [0, 0.1) is 5.82 Å². The molecule has 3 unspecified atom stereocenters. The lowest BCUT2D eigenvalue weighted by Gasteiger charge is -2.41. The standard InChI is InChI=1S/C30H30Cl2FN3O3/c1-34-23-16-18(31)10-13-20(23)25-24(21-6-5-7-22(32)26(21)33)27(36-30(25)14-3-2-4-15-30)28(37)35-19-11-8-17(9-12-19)29(38)39/h5-13,16,24-25,27,34,36H,2-4,14-15H2,1H3,(H,35,37)(H,38,39). The molecule has 9 heteroatoms. The Morgan fingerprint density at radius 1 is 1.00 bits per heavy atom. The zero-order chi connectivity index (χ0) is 27.7. The lowest BCUT2D eigenvalue weighted by Crippen LogP contribution is -2.50. The van der Waals surface area contributed by atoms with E-state index in [1.165, 1.54) is 18.2 Å². The van der Waals surface area contributed by atoms with E-state index < -0.39 is 29.3 Å². The highest BCUT2D eigenvalue weighted by Crippen LogP contribution is 2.56. The average molecular weight is 570 g/mol. The second-order valence-corrected chi connectivity index (χ2v) is 11.2. The van der Waals surface area contributed by atoms with E-state index >= 15 is 4.39 Å². The van der Waals surface area contributed by atoms with Gasteiger partial charge in [-0.3, -0.25) is 10.1 Å². The molecule has 3 aromatic rings. The number of rotatable bonds is 6. The van der Waals surface area contributed by atoms with Gasteiger partial charge in [0.25, 0.3) is 0 Å². The maximum absolute atomic E-state index is 15.7. The van der Waals surface area contributed by atoms with Crippen LogP contribution in [0.25, 0.3) is 0 Å². The van der Waals surface area contributed by atoms with Crippen LogP contribution >= 0.6 is 23.2 Å². The molecule has 2 fully saturated rings. The van der Waals surface area contributed by atoms with Gasteiger partial charge in [0.2, 0.25) is 5.91 Å². The summed E-state index contributed by atoms with van der Waals surface area (Å²) in [4.78, 5) is 25.2. The zero-order valence-corrected chi connectivity index (χ0v) is 23.0. The van der Waals surface area contributed by atoms with Gasteiger partial charge in [-0.1, -0.05) is 60.7 Å². The second kappa shape index (κ2) is 11.2. The smallest absolute Gasteiger partial charge is 0.335 e. The molecule has 1 aliphatic carbocycles. The van der Waals surface area contributed by atoms with Gasteiger partial charge in [-0.25, -0.2) is 9.18 Å². The molecule has 2 aliphatic rings. The molecule has 6 nitrogen and oxygen atoms in total. The van der Waals surface area contributed by atoms with E-state index in [1.54, 1.807) is 24.3 Å². The summed E-state index contributed by atoms with van der Waals surface area (Å²) < 4.78 is 15.7. The van der Waals surface area contributed by atoms with Crippen LogP contribution in [0.4, 0.5) is 15.8 Å². The number of carboxylic acids is 1. The number of carbonyl (C=O) groups excluding carboxylic acids is 1. The molecule has 39 heavy (non-hydrogen) atoms. The molecule has 204 valence electrons. The van der Waals surface area contributed by atoms with Gasteiger partial charge < -0.3 is 15.7 Å². The quantitative estimate of drug-likeness (QED) is 0.255. The van der Waals surface area contributed by atoms with Crippen molar-refractivity contribution >= 4 is 46.5 Å². The van der Waals surface area contributed by atoms with Crippen molar-refractivity contribution in [3.8, 4) is 0 Å². The molecule has 1 heterocycles. The minimum atomic E-state index is -1.05. The normalized spacial score (nSPS) is 22.0. The van der Waals surface area contributed by atoms with Crippen LogP contribution in [-0.2, 0) is 4.79 Å². The SMILES string of the molecule is CNc1cc(Cl)ccc1C1C(c2cccc(Cl)c2F)C(C(=O)Nc2ccc(C(=O)O)cc2)NC12CCCCC2. The maximum Gasteiger partial charge on any atom is 0.335 e.